The van der Waals surface area contributed by atoms with Crippen LogP contribution in [0, 0.1) is 5.82 Å². The molecular weight excluding hydrogens is 257 g/mol. The van der Waals surface area contributed by atoms with E-state index in [2.05, 4.69) is 4.90 Å². The van der Waals surface area contributed by atoms with Crippen LogP contribution < -0.4 is 0 Å². The lowest BCUT2D eigenvalue weighted by Gasteiger charge is -2.28. The van der Waals surface area contributed by atoms with E-state index < -0.39 is 5.97 Å². The molecule has 0 aliphatic heterocycles. The van der Waals surface area contributed by atoms with E-state index in [-0.39, 0.29) is 12.2 Å². The van der Waals surface area contributed by atoms with Crippen LogP contribution in [0.4, 0.5) is 4.39 Å². The van der Waals surface area contributed by atoms with Gasteiger partial charge in [0.25, 0.3) is 0 Å². The Hall–Kier alpha value is -1.42. The first-order valence-electron chi connectivity index (χ1n) is 7.35. The minimum Gasteiger partial charge on any atom is -0.481 e. The number of carbonyl (C=O) groups is 1. The molecule has 0 aromatic heterocycles. The molecule has 0 saturated heterocycles. The second kappa shape index (κ2) is 7.39. The van der Waals surface area contributed by atoms with Gasteiger partial charge >= 0.3 is 5.97 Å². The molecule has 1 aliphatic rings. The first kappa shape index (κ1) is 15.0. The van der Waals surface area contributed by atoms with E-state index in [0.29, 0.717) is 12.6 Å². The lowest BCUT2D eigenvalue weighted by Crippen LogP contribution is -2.36. The standard InChI is InChI=1S/C16H22FNO2/c17-14-7-5-13(6-8-14)9-11-18(12-10-16(19)20)15-3-1-2-4-15/h5-8,15H,1-4,9-12H2,(H,19,20). The van der Waals surface area contributed by atoms with Gasteiger partial charge in [-0.3, -0.25) is 9.69 Å². The molecule has 3 nitrogen and oxygen atoms in total. The Balaban J connectivity index is 1.88. The van der Waals surface area contributed by atoms with E-state index in [1.54, 1.807) is 12.1 Å². The summed E-state index contributed by atoms with van der Waals surface area (Å²) in [5, 5.41) is 8.85. The summed E-state index contributed by atoms with van der Waals surface area (Å²) < 4.78 is 12.9. The van der Waals surface area contributed by atoms with E-state index in [9.17, 15) is 9.18 Å². The second-order valence-electron chi connectivity index (χ2n) is 5.49. The van der Waals surface area contributed by atoms with E-state index in [0.717, 1.165) is 18.5 Å². The minimum absolute atomic E-state index is 0.194. The van der Waals surface area contributed by atoms with Crippen molar-refractivity contribution in [2.24, 2.45) is 0 Å². The maximum absolute atomic E-state index is 12.9. The number of rotatable bonds is 7. The number of hydrogen-bond acceptors (Lipinski definition) is 2. The molecule has 2 rings (SSSR count). The molecule has 1 aliphatic carbocycles. The van der Waals surface area contributed by atoms with E-state index in [1.165, 1.54) is 37.8 Å². The van der Waals surface area contributed by atoms with Crippen molar-refractivity contribution in [1.82, 2.24) is 4.90 Å². The average Bonchev–Trinajstić information content (AvgIpc) is 2.94. The first-order chi connectivity index (χ1) is 9.65. The van der Waals surface area contributed by atoms with Gasteiger partial charge in [-0.15, -0.1) is 0 Å². The van der Waals surface area contributed by atoms with Gasteiger partial charge in [0.05, 0.1) is 6.42 Å². The number of nitrogens with zero attached hydrogens (tertiary/aromatic N) is 1. The number of benzene rings is 1. The molecule has 1 N–H and O–H groups in total. The number of carboxylic acid groups (broad SMARTS) is 1. The average molecular weight is 279 g/mol. The summed E-state index contributed by atoms with van der Waals surface area (Å²) in [6, 6.07) is 7.09. The Morgan fingerprint density at radius 2 is 1.85 bits per heavy atom. The van der Waals surface area contributed by atoms with Crippen molar-refractivity contribution < 1.29 is 14.3 Å². The van der Waals surface area contributed by atoms with Crippen molar-refractivity contribution in [2.75, 3.05) is 13.1 Å². The smallest absolute Gasteiger partial charge is 0.304 e. The zero-order chi connectivity index (χ0) is 14.4. The van der Waals surface area contributed by atoms with Gasteiger partial charge in [0.15, 0.2) is 0 Å². The lowest BCUT2D eigenvalue weighted by molar-refractivity contribution is -0.137. The molecule has 1 saturated carbocycles. The van der Waals surface area contributed by atoms with Gasteiger partial charge in [0.2, 0.25) is 0 Å². The van der Waals surface area contributed by atoms with Gasteiger partial charge < -0.3 is 5.11 Å². The molecule has 0 unspecified atom stereocenters. The zero-order valence-electron chi connectivity index (χ0n) is 11.7. The normalized spacial score (nSPS) is 15.9. The third-order valence-electron chi connectivity index (χ3n) is 4.05. The molecular formula is C16H22FNO2. The SMILES string of the molecule is O=C(O)CCN(CCc1ccc(F)cc1)C1CCCC1. The van der Waals surface area contributed by atoms with Crippen LogP contribution in [0.1, 0.15) is 37.7 Å². The van der Waals surface area contributed by atoms with Gasteiger partial charge in [-0.2, -0.15) is 0 Å². The molecule has 20 heavy (non-hydrogen) atoms. The highest BCUT2D eigenvalue weighted by atomic mass is 19.1. The summed E-state index contributed by atoms with van der Waals surface area (Å²) in [6.07, 6.45) is 5.86. The van der Waals surface area contributed by atoms with E-state index in [4.69, 9.17) is 5.11 Å². The van der Waals surface area contributed by atoms with Gasteiger partial charge in [0, 0.05) is 19.1 Å². The van der Waals surface area contributed by atoms with Crippen LogP contribution in [-0.4, -0.2) is 35.1 Å². The zero-order valence-corrected chi connectivity index (χ0v) is 11.7. The van der Waals surface area contributed by atoms with Gasteiger partial charge in [-0.1, -0.05) is 25.0 Å². The van der Waals surface area contributed by atoms with Gasteiger partial charge in [0.1, 0.15) is 5.82 Å². The molecule has 0 amide bonds. The third kappa shape index (κ3) is 4.60. The van der Waals surface area contributed by atoms with Crippen molar-refractivity contribution in [3.05, 3.63) is 35.6 Å². The summed E-state index contributed by atoms with van der Waals surface area (Å²) in [6.45, 7) is 1.46. The summed E-state index contributed by atoms with van der Waals surface area (Å²) in [5.41, 5.74) is 1.10. The quantitative estimate of drug-likeness (QED) is 0.834. The van der Waals surface area contributed by atoms with Gasteiger partial charge in [-0.05, 0) is 37.0 Å². The van der Waals surface area contributed by atoms with E-state index >= 15 is 0 Å². The maximum atomic E-state index is 12.9. The van der Waals surface area contributed by atoms with Crippen LogP contribution in [0.3, 0.4) is 0 Å². The fraction of sp³-hybridized carbons (Fsp3) is 0.562. The molecule has 1 aromatic carbocycles. The Morgan fingerprint density at radius 1 is 1.20 bits per heavy atom. The summed E-state index contributed by atoms with van der Waals surface area (Å²) >= 11 is 0. The summed E-state index contributed by atoms with van der Waals surface area (Å²) in [4.78, 5) is 13.1. The Morgan fingerprint density at radius 3 is 2.45 bits per heavy atom. The van der Waals surface area contributed by atoms with Crippen LogP contribution in [-0.2, 0) is 11.2 Å². The van der Waals surface area contributed by atoms with Crippen molar-refractivity contribution in [3.8, 4) is 0 Å². The topological polar surface area (TPSA) is 40.5 Å². The van der Waals surface area contributed by atoms with Crippen molar-refractivity contribution in [1.29, 1.82) is 0 Å². The number of hydrogen-bond donors (Lipinski definition) is 1. The van der Waals surface area contributed by atoms with Crippen molar-refractivity contribution in [3.63, 3.8) is 0 Å². The first-order valence-corrected chi connectivity index (χ1v) is 7.35. The maximum Gasteiger partial charge on any atom is 0.304 e. The van der Waals surface area contributed by atoms with Crippen molar-refractivity contribution in [2.45, 2.75) is 44.6 Å². The number of carboxylic acids is 1. The fourth-order valence-electron chi connectivity index (χ4n) is 2.91. The summed E-state index contributed by atoms with van der Waals surface area (Å²) in [7, 11) is 0. The van der Waals surface area contributed by atoms with Crippen LogP contribution in [0.5, 0.6) is 0 Å². The van der Waals surface area contributed by atoms with Crippen molar-refractivity contribution >= 4 is 5.97 Å². The fourth-order valence-corrected chi connectivity index (χ4v) is 2.91. The number of halogens is 1. The molecule has 1 aromatic rings. The highest BCUT2D eigenvalue weighted by Crippen LogP contribution is 2.24. The minimum atomic E-state index is -0.741. The molecule has 0 heterocycles. The molecule has 0 spiro atoms. The van der Waals surface area contributed by atoms with Crippen LogP contribution >= 0.6 is 0 Å². The highest BCUT2D eigenvalue weighted by Gasteiger charge is 2.22. The molecule has 4 heteroatoms. The van der Waals surface area contributed by atoms with Crippen LogP contribution in [0.25, 0.3) is 0 Å². The largest absolute Gasteiger partial charge is 0.481 e. The lowest BCUT2D eigenvalue weighted by atomic mass is 10.1. The van der Waals surface area contributed by atoms with Gasteiger partial charge in [-0.25, -0.2) is 4.39 Å². The molecule has 0 atom stereocenters. The highest BCUT2D eigenvalue weighted by molar-refractivity contribution is 5.66. The molecule has 1 fully saturated rings. The Labute approximate surface area is 119 Å². The molecule has 110 valence electrons. The Bertz CT molecular complexity index is 427. The third-order valence-corrected chi connectivity index (χ3v) is 4.05. The Kier molecular flexibility index (Phi) is 5.53. The van der Waals surface area contributed by atoms with Crippen LogP contribution in [0.2, 0.25) is 0 Å². The molecule has 0 radical (unpaired) electrons. The predicted octanol–water partition coefficient (Wildman–Crippen LogP) is 3.09. The van der Waals surface area contributed by atoms with Crippen LogP contribution in [0.15, 0.2) is 24.3 Å². The predicted molar refractivity (Wildman–Crippen MR) is 76.2 cm³/mol. The monoisotopic (exact) mass is 279 g/mol. The summed E-state index contributed by atoms with van der Waals surface area (Å²) in [5.74, 6) is -0.956. The second-order valence-corrected chi connectivity index (χ2v) is 5.49. The molecule has 0 bridgehead atoms. The number of aliphatic carboxylic acids is 1. The van der Waals surface area contributed by atoms with E-state index in [1.807, 2.05) is 0 Å².